The first-order chi connectivity index (χ1) is 7.09. The van der Waals surface area contributed by atoms with Crippen LogP contribution in [0.25, 0.3) is 0 Å². The van der Waals surface area contributed by atoms with Gasteiger partial charge in [-0.3, -0.25) is 9.69 Å². The third-order valence-electron chi connectivity index (χ3n) is 4.51. The Hall–Kier alpha value is -0.370. The van der Waals surface area contributed by atoms with E-state index in [1.807, 2.05) is 0 Å². The molecule has 0 spiro atoms. The molecule has 2 heteroatoms. The van der Waals surface area contributed by atoms with Gasteiger partial charge in [-0.2, -0.15) is 0 Å². The van der Waals surface area contributed by atoms with Crippen LogP contribution in [-0.4, -0.2) is 29.3 Å². The SMILES string of the molecule is CC1CCC(N2CCC(=O)C(C)C2C)C1. The monoisotopic (exact) mass is 209 g/mol. The van der Waals surface area contributed by atoms with Gasteiger partial charge in [-0.15, -0.1) is 0 Å². The third-order valence-corrected chi connectivity index (χ3v) is 4.51. The minimum Gasteiger partial charge on any atom is -0.299 e. The molecule has 0 amide bonds. The Morgan fingerprint density at radius 1 is 1.20 bits per heavy atom. The van der Waals surface area contributed by atoms with E-state index in [4.69, 9.17) is 0 Å². The Morgan fingerprint density at radius 3 is 2.53 bits per heavy atom. The van der Waals surface area contributed by atoms with E-state index >= 15 is 0 Å². The maximum absolute atomic E-state index is 11.6. The first-order valence-electron chi connectivity index (χ1n) is 6.38. The van der Waals surface area contributed by atoms with Crippen LogP contribution in [0.5, 0.6) is 0 Å². The number of nitrogens with zero attached hydrogens (tertiary/aromatic N) is 1. The van der Waals surface area contributed by atoms with Gasteiger partial charge < -0.3 is 0 Å². The molecule has 1 aliphatic heterocycles. The van der Waals surface area contributed by atoms with Crippen molar-refractivity contribution in [2.75, 3.05) is 6.54 Å². The van der Waals surface area contributed by atoms with Crippen molar-refractivity contribution in [1.82, 2.24) is 4.90 Å². The number of carbonyl (C=O) groups is 1. The molecule has 0 aromatic heterocycles. The standard InChI is InChI=1S/C13H23NO/c1-9-4-5-12(8-9)14-7-6-13(15)10(2)11(14)3/h9-12H,4-8H2,1-3H3. The van der Waals surface area contributed by atoms with Crippen molar-refractivity contribution in [3.8, 4) is 0 Å². The van der Waals surface area contributed by atoms with Crippen LogP contribution in [0.15, 0.2) is 0 Å². The van der Waals surface area contributed by atoms with Crippen LogP contribution in [0.2, 0.25) is 0 Å². The van der Waals surface area contributed by atoms with Crippen molar-refractivity contribution < 1.29 is 4.79 Å². The second-order valence-electron chi connectivity index (χ2n) is 5.56. The molecule has 1 heterocycles. The minimum absolute atomic E-state index is 0.245. The summed E-state index contributed by atoms with van der Waals surface area (Å²) in [6.45, 7) is 7.67. The molecular formula is C13H23NO. The minimum atomic E-state index is 0.245. The predicted molar refractivity (Wildman–Crippen MR) is 61.8 cm³/mol. The molecule has 1 aliphatic carbocycles. The molecule has 0 aromatic carbocycles. The highest BCUT2D eigenvalue weighted by Gasteiger charge is 2.36. The summed E-state index contributed by atoms with van der Waals surface area (Å²) in [7, 11) is 0. The smallest absolute Gasteiger partial charge is 0.138 e. The van der Waals surface area contributed by atoms with E-state index in [1.165, 1.54) is 19.3 Å². The lowest BCUT2D eigenvalue weighted by molar-refractivity contribution is -0.128. The molecule has 1 saturated carbocycles. The van der Waals surface area contributed by atoms with Gasteiger partial charge in [-0.05, 0) is 32.1 Å². The van der Waals surface area contributed by atoms with Gasteiger partial charge in [0.1, 0.15) is 5.78 Å². The third kappa shape index (κ3) is 2.10. The largest absolute Gasteiger partial charge is 0.299 e. The molecule has 4 atom stereocenters. The summed E-state index contributed by atoms with van der Waals surface area (Å²) >= 11 is 0. The van der Waals surface area contributed by atoms with E-state index in [2.05, 4.69) is 25.7 Å². The lowest BCUT2D eigenvalue weighted by Crippen LogP contribution is -2.50. The Bertz CT molecular complexity index is 251. The molecule has 1 saturated heterocycles. The summed E-state index contributed by atoms with van der Waals surface area (Å²) in [6, 6.07) is 1.21. The summed E-state index contributed by atoms with van der Waals surface area (Å²) in [5.41, 5.74) is 0. The number of Topliss-reactive ketones (excluding diaryl/α,β-unsaturated/α-hetero) is 1. The Morgan fingerprint density at radius 2 is 1.93 bits per heavy atom. The van der Waals surface area contributed by atoms with Crippen LogP contribution in [0.1, 0.15) is 46.5 Å². The highest BCUT2D eigenvalue weighted by atomic mass is 16.1. The van der Waals surface area contributed by atoms with Gasteiger partial charge in [0.2, 0.25) is 0 Å². The maximum atomic E-state index is 11.6. The van der Waals surface area contributed by atoms with Gasteiger partial charge in [0, 0.05) is 31.0 Å². The van der Waals surface area contributed by atoms with Gasteiger partial charge in [-0.1, -0.05) is 13.8 Å². The molecule has 2 nitrogen and oxygen atoms in total. The van der Waals surface area contributed by atoms with Gasteiger partial charge in [0.15, 0.2) is 0 Å². The lowest BCUT2D eigenvalue weighted by atomic mass is 9.89. The van der Waals surface area contributed by atoms with Crippen LogP contribution in [0.3, 0.4) is 0 Å². The van der Waals surface area contributed by atoms with E-state index in [-0.39, 0.29) is 5.92 Å². The second kappa shape index (κ2) is 4.25. The number of hydrogen-bond acceptors (Lipinski definition) is 2. The van der Waals surface area contributed by atoms with E-state index in [1.54, 1.807) is 0 Å². The van der Waals surface area contributed by atoms with Crippen LogP contribution in [0.4, 0.5) is 0 Å². The molecule has 0 radical (unpaired) electrons. The molecule has 2 rings (SSSR count). The van der Waals surface area contributed by atoms with Gasteiger partial charge in [0.05, 0.1) is 0 Å². The Balaban J connectivity index is 2.00. The van der Waals surface area contributed by atoms with Crippen molar-refractivity contribution in [3.63, 3.8) is 0 Å². The predicted octanol–water partition coefficient (Wildman–Crippen LogP) is 2.47. The fourth-order valence-corrected chi connectivity index (χ4v) is 3.22. The zero-order chi connectivity index (χ0) is 11.0. The fourth-order valence-electron chi connectivity index (χ4n) is 3.22. The normalized spacial score (nSPS) is 43.5. The molecular weight excluding hydrogens is 186 g/mol. The molecule has 4 unspecified atom stereocenters. The number of hydrogen-bond donors (Lipinski definition) is 0. The number of piperidine rings is 1. The van der Waals surface area contributed by atoms with Crippen molar-refractivity contribution in [1.29, 1.82) is 0 Å². The van der Waals surface area contributed by atoms with Gasteiger partial charge >= 0.3 is 0 Å². The number of carbonyl (C=O) groups excluding carboxylic acids is 1. The Kier molecular flexibility index (Phi) is 3.15. The van der Waals surface area contributed by atoms with Gasteiger partial charge in [-0.25, -0.2) is 0 Å². The molecule has 15 heavy (non-hydrogen) atoms. The molecule has 0 bridgehead atoms. The van der Waals surface area contributed by atoms with Crippen molar-refractivity contribution >= 4 is 5.78 Å². The zero-order valence-electron chi connectivity index (χ0n) is 10.2. The van der Waals surface area contributed by atoms with Crippen LogP contribution >= 0.6 is 0 Å². The number of ketones is 1. The van der Waals surface area contributed by atoms with Crippen LogP contribution in [-0.2, 0) is 4.79 Å². The number of likely N-dealkylation sites (tertiary alicyclic amines) is 1. The topological polar surface area (TPSA) is 20.3 Å². The molecule has 0 N–H and O–H groups in total. The summed E-state index contributed by atoms with van der Waals surface area (Å²) < 4.78 is 0. The molecule has 2 fully saturated rings. The summed E-state index contributed by atoms with van der Waals surface area (Å²) in [4.78, 5) is 14.2. The molecule has 2 aliphatic rings. The van der Waals surface area contributed by atoms with Crippen molar-refractivity contribution in [2.24, 2.45) is 11.8 Å². The quantitative estimate of drug-likeness (QED) is 0.661. The average molecular weight is 209 g/mol. The maximum Gasteiger partial charge on any atom is 0.138 e. The highest BCUT2D eigenvalue weighted by Crippen LogP contribution is 2.33. The van der Waals surface area contributed by atoms with Gasteiger partial charge in [0.25, 0.3) is 0 Å². The first-order valence-corrected chi connectivity index (χ1v) is 6.38. The van der Waals surface area contributed by atoms with E-state index in [0.29, 0.717) is 11.8 Å². The van der Waals surface area contributed by atoms with Crippen LogP contribution < -0.4 is 0 Å². The van der Waals surface area contributed by atoms with Crippen molar-refractivity contribution in [3.05, 3.63) is 0 Å². The molecule has 0 aromatic rings. The lowest BCUT2D eigenvalue weighted by Gasteiger charge is -2.41. The van der Waals surface area contributed by atoms with E-state index < -0.39 is 0 Å². The van der Waals surface area contributed by atoms with E-state index in [0.717, 1.165) is 24.9 Å². The fraction of sp³-hybridized carbons (Fsp3) is 0.923. The summed E-state index contributed by atoms with van der Waals surface area (Å²) in [5.74, 6) is 1.59. The van der Waals surface area contributed by atoms with Crippen LogP contribution in [0, 0.1) is 11.8 Å². The van der Waals surface area contributed by atoms with E-state index in [9.17, 15) is 4.79 Å². The summed E-state index contributed by atoms with van der Waals surface area (Å²) in [6.07, 6.45) is 4.82. The second-order valence-corrected chi connectivity index (χ2v) is 5.56. The zero-order valence-corrected chi connectivity index (χ0v) is 10.2. The average Bonchev–Trinajstić information content (AvgIpc) is 2.61. The number of rotatable bonds is 1. The van der Waals surface area contributed by atoms with Crippen molar-refractivity contribution in [2.45, 2.75) is 58.5 Å². The highest BCUT2D eigenvalue weighted by molar-refractivity contribution is 5.82. The first kappa shape index (κ1) is 11.1. The summed E-state index contributed by atoms with van der Waals surface area (Å²) in [5, 5.41) is 0. The Labute approximate surface area is 93.0 Å². The molecule has 86 valence electrons.